The fraction of sp³-hybridized carbons (Fsp3) is 0.913. The number of allylic oxidation sites excluding steroid dienone is 1. The zero-order valence-corrected chi connectivity index (χ0v) is 18.1. The molecule has 0 unspecified atom stereocenters. The lowest BCUT2D eigenvalue weighted by Gasteiger charge is -2.53. The smallest absolute Gasteiger partial charge is 0.170 e. The molecule has 0 aromatic heterocycles. The van der Waals surface area contributed by atoms with Crippen LogP contribution in [0.3, 0.4) is 0 Å². The first-order valence-corrected chi connectivity index (χ1v) is 10.9. The Kier molecular flexibility index (Phi) is 4.21. The number of hydrogen-bond acceptors (Lipinski definition) is 5. The Hall–Kier alpha value is -0.460. The van der Waals surface area contributed by atoms with Crippen LogP contribution in [0.15, 0.2) is 11.6 Å². The lowest BCUT2D eigenvalue weighted by Crippen LogP contribution is -2.56. The van der Waals surface area contributed by atoms with E-state index in [1.807, 2.05) is 7.11 Å². The van der Waals surface area contributed by atoms with Crippen LogP contribution in [0.5, 0.6) is 0 Å². The van der Waals surface area contributed by atoms with Gasteiger partial charge in [0.15, 0.2) is 5.79 Å². The molecule has 0 aromatic rings. The Morgan fingerprint density at radius 2 is 1.79 bits per heavy atom. The van der Waals surface area contributed by atoms with Crippen LogP contribution in [-0.2, 0) is 23.7 Å². The standard InChI is InChI=1S/C23H36O5/c1-19-9-7-18-16(17(19)8-11-21(19,25-3)15-24-2)6-10-20-14-22(26-4,27-5)12-13-23(18,20)28-20/h7,16-17H,6,8-15H2,1-5H3/t16-,17-,19-,20+,21+,23+/m0/s1. The van der Waals surface area contributed by atoms with E-state index >= 15 is 0 Å². The van der Waals surface area contributed by atoms with Crippen LogP contribution in [0, 0.1) is 17.3 Å². The molecule has 6 atom stereocenters. The van der Waals surface area contributed by atoms with Gasteiger partial charge in [0.1, 0.15) is 11.2 Å². The van der Waals surface area contributed by atoms with Gasteiger partial charge in [0.25, 0.3) is 0 Å². The molecular formula is C23H36O5. The molecule has 1 heterocycles. The van der Waals surface area contributed by atoms with E-state index in [4.69, 9.17) is 23.7 Å². The van der Waals surface area contributed by atoms with Crippen molar-refractivity contribution < 1.29 is 23.7 Å². The molecule has 5 aliphatic rings. The van der Waals surface area contributed by atoms with Crippen LogP contribution >= 0.6 is 0 Å². The summed E-state index contributed by atoms with van der Waals surface area (Å²) in [7, 11) is 7.21. The van der Waals surface area contributed by atoms with Gasteiger partial charge in [-0.05, 0) is 55.9 Å². The highest BCUT2D eigenvalue weighted by Crippen LogP contribution is 2.74. The zero-order chi connectivity index (χ0) is 19.8. The Morgan fingerprint density at radius 1 is 1.00 bits per heavy atom. The number of hydrogen-bond donors (Lipinski definition) is 0. The summed E-state index contributed by atoms with van der Waals surface area (Å²) >= 11 is 0. The summed E-state index contributed by atoms with van der Waals surface area (Å²) in [4.78, 5) is 0. The molecule has 4 fully saturated rings. The van der Waals surface area contributed by atoms with Crippen LogP contribution in [-0.4, -0.2) is 57.6 Å². The minimum Gasteiger partial charge on any atom is -0.382 e. The molecule has 1 aliphatic heterocycles. The third-order valence-electron chi connectivity index (χ3n) is 9.66. The van der Waals surface area contributed by atoms with Gasteiger partial charge < -0.3 is 23.7 Å². The Balaban J connectivity index is 1.47. The molecule has 0 aromatic carbocycles. The first kappa shape index (κ1) is 19.5. The molecule has 4 aliphatic carbocycles. The van der Waals surface area contributed by atoms with Crippen LogP contribution < -0.4 is 0 Å². The van der Waals surface area contributed by atoms with Crippen molar-refractivity contribution in [1.29, 1.82) is 0 Å². The molecule has 5 heteroatoms. The second kappa shape index (κ2) is 6.04. The third kappa shape index (κ3) is 2.10. The van der Waals surface area contributed by atoms with E-state index in [-0.39, 0.29) is 22.2 Å². The van der Waals surface area contributed by atoms with Gasteiger partial charge in [0.2, 0.25) is 0 Å². The van der Waals surface area contributed by atoms with E-state index in [0.29, 0.717) is 18.4 Å². The molecule has 158 valence electrons. The number of epoxide rings is 1. The summed E-state index contributed by atoms with van der Waals surface area (Å²) in [6.45, 7) is 3.12. The van der Waals surface area contributed by atoms with Gasteiger partial charge in [-0.15, -0.1) is 0 Å². The van der Waals surface area contributed by atoms with Crippen molar-refractivity contribution in [3.8, 4) is 0 Å². The summed E-state index contributed by atoms with van der Waals surface area (Å²) in [5, 5.41) is 0. The van der Waals surface area contributed by atoms with Gasteiger partial charge in [0.05, 0.1) is 12.2 Å². The number of methoxy groups -OCH3 is 4. The highest BCUT2D eigenvalue weighted by molar-refractivity contribution is 5.43. The van der Waals surface area contributed by atoms with E-state index in [9.17, 15) is 0 Å². The summed E-state index contributed by atoms with van der Waals surface area (Å²) < 4.78 is 30.1. The second-order valence-electron chi connectivity index (χ2n) is 10.1. The fourth-order valence-corrected chi connectivity index (χ4v) is 7.97. The summed E-state index contributed by atoms with van der Waals surface area (Å²) in [5.74, 6) is 0.782. The third-order valence-corrected chi connectivity index (χ3v) is 9.66. The summed E-state index contributed by atoms with van der Waals surface area (Å²) in [6, 6.07) is 0. The Bertz CT molecular complexity index is 686. The highest BCUT2D eigenvalue weighted by Gasteiger charge is 2.79. The molecule has 0 N–H and O–H groups in total. The van der Waals surface area contributed by atoms with Crippen molar-refractivity contribution in [3.05, 3.63) is 11.6 Å². The molecule has 0 amide bonds. The lowest BCUT2D eigenvalue weighted by atomic mass is 9.53. The van der Waals surface area contributed by atoms with Crippen LogP contribution in [0.25, 0.3) is 0 Å². The number of rotatable bonds is 5. The molecule has 0 radical (unpaired) electrons. The molecule has 0 bridgehead atoms. The quantitative estimate of drug-likeness (QED) is 0.404. The van der Waals surface area contributed by atoms with Gasteiger partial charge in [-0.25, -0.2) is 0 Å². The molecule has 3 saturated carbocycles. The maximum atomic E-state index is 6.67. The number of fused-ring (bicyclic) bond motifs is 3. The Morgan fingerprint density at radius 3 is 2.46 bits per heavy atom. The van der Waals surface area contributed by atoms with Crippen molar-refractivity contribution in [2.24, 2.45) is 17.3 Å². The average Bonchev–Trinajstić information content (AvgIpc) is 3.32. The Labute approximate surface area is 169 Å². The van der Waals surface area contributed by atoms with Gasteiger partial charge in [-0.1, -0.05) is 13.0 Å². The maximum absolute atomic E-state index is 6.67. The maximum Gasteiger partial charge on any atom is 0.170 e. The van der Waals surface area contributed by atoms with Crippen molar-refractivity contribution in [1.82, 2.24) is 0 Å². The minimum absolute atomic E-state index is 0.0582. The van der Waals surface area contributed by atoms with Gasteiger partial charge in [-0.3, -0.25) is 0 Å². The van der Waals surface area contributed by atoms with E-state index < -0.39 is 5.79 Å². The van der Waals surface area contributed by atoms with Gasteiger partial charge in [0, 0.05) is 46.7 Å². The van der Waals surface area contributed by atoms with Gasteiger partial charge in [-0.2, -0.15) is 0 Å². The second-order valence-corrected chi connectivity index (χ2v) is 10.1. The lowest BCUT2D eigenvalue weighted by molar-refractivity contribution is -0.229. The predicted molar refractivity (Wildman–Crippen MR) is 105 cm³/mol. The first-order valence-electron chi connectivity index (χ1n) is 10.9. The average molecular weight is 393 g/mol. The van der Waals surface area contributed by atoms with Crippen molar-refractivity contribution in [2.45, 2.75) is 80.9 Å². The van der Waals surface area contributed by atoms with Crippen molar-refractivity contribution >= 4 is 0 Å². The van der Waals surface area contributed by atoms with E-state index in [1.165, 1.54) is 12.8 Å². The molecular weight excluding hydrogens is 356 g/mol. The molecule has 5 rings (SSSR count). The highest BCUT2D eigenvalue weighted by atomic mass is 16.7. The van der Waals surface area contributed by atoms with E-state index in [1.54, 1.807) is 26.9 Å². The monoisotopic (exact) mass is 392 g/mol. The summed E-state index contributed by atoms with van der Waals surface area (Å²) in [5.41, 5.74) is 1.42. The largest absolute Gasteiger partial charge is 0.382 e. The molecule has 1 saturated heterocycles. The SMILES string of the molecule is COC[C@]1(OC)CC[C@H]2[C@@H]3CC[C@@]45CC(OC)(OC)CC[C@@]4(O5)C3=CC[C@@]21C. The molecule has 0 spiro atoms. The van der Waals surface area contributed by atoms with Crippen molar-refractivity contribution in [2.75, 3.05) is 35.0 Å². The van der Waals surface area contributed by atoms with Crippen LogP contribution in [0.1, 0.15) is 58.3 Å². The molecule has 28 heavy (non-hydrogen) atoms. The van der Waals surface area contributed by atoms with Crippen LogP contribution in [0.2, 0.25) is 0 Å². The fourth-order valence-electron chi connectivity index (χ4n) is 7.97. The van der Waals surface area contributed by atoms with Crippen molar-refractivity contribution in [3.63, 3.8) is 0 Å². The number of ether oxygens (including phenoxy) is 5. The van der Waals surface area contributed by atoms with Gasteiger partial charge >= 0.3 is 0 Å². The topological polar surface area (TPSA) is 49.5 Å². The predicted octanol–water partition coefficient (Wildman–Crippen LogP) is 3.86. The van der Waals surface area contributed by atoms with Crippen LogP contribution in [0.4, 0.5) is 0 Å². The van der Waals surface area contributed by atoms with E-state index in [2.05, 4.69) is 13.0 Å². The van der Waals surface area contributed by atoms with E-state index in [0.717, 1.165) is 38.5 Å². The first-order chi connectivity index (χ1) is 13.4. The summed E-state index contributed by atoms with van der Waals surface area (Å²) in [6.07, 6.45) is 11.0. The normalized spacial score (nSPS) is 50.8. The molecule has 5 nitrogen and oxygen atoms in total. The zero-order valence-electron chi connectivity index (χ0n) is 18.1. The minimum atomic E-state index is -0.479.